The van der Waals surface area contributed by atoms with Gasteiger partial charge in [-0.2, -0.15) is 25.5 Å². The summed E-state index contributed by atoms with van der Waals surface area (Å²) in [4.78, 5) is 21.6. The number of aromatic nitrogens is 3. The van der Waals surface area contributed by atoms with Gasteiger partial charge in [0.1, 0.15) is 23.8 Å². The van der Waals surface area contributed by atoms with Crippen molar-refractivity contribution in [3.05, 3.63) is 16.0 Å². The van der Waals surface area contributed by atoms with E-state index < -0.39 is 12.2 Å². The van der Waals surface area contributed by atoms with E-state index in [-0.39, 0.29) is 29.5 Å². The highest BCUT2D eigenvalue weighted by Gasteiger charge is 2.53. The molecule has 2 aromatic rings. The van der Waals surface area contributed by atoms with Crippen molar-refractivity contribution in [3.8, 4) is 18.1 Å². The maximum absolute atomic E-state index is 14.4. The van der Waals surface area contributed by atoms with Gasteiger partial charge in [0.2, 0.25) is 11.9 Å². The number of nitrogens with two attached hydrogens (primary N) is 1. The van der Waals surface area contributed by atoms with Crippen LogP contribution in [0.2, 0.25) is 0 Å². The number of aliphatic hydroxyl groups is 1. The van der Waals surface area contributed by atoms with Gasteiger partial charge in [-0.1, -0.05) is 0 Å². The fourth-order valence-corrected chi connectivity index (χ4v) is 9.10. The summed E-state index contributed by atoms with van der Waals surface area (Å²) in [6.45, 7) is 3.34. The third kappa shape index (κ3) is 4.20. The molecule has 1 aliphatic carbocycles. The van der Waals surface area contributed by atoms with Gasteiger partial charge < -0.3 is 25.4 Å². The van der Waals surface area contributed by atoms with Crippen LogP contribution in [0.3, 0.4) is 0 Å². The number of halogens is 1. The molecule has 4 aliphatic heterocycles. The van der Waals surface area contributed by atoms with Gasteiger partial charge in [0.15, 0.2) is 0 Å². The fraction of sp³-hybridized carbons (Fsp3) is 0.679. The monoisotopic (exact) mass is 579 g/mol. The summed E-state index contributed by atoms with van der Waals surface area (Å²) in [6, 6.07) is 4.41. The Kier molecular flexibility index (Phi) is 6.45. The molecule has 0 aromatic carbocycles. The largest absolute Gasteiger partial charge is 0.461 e. The Morgan fingerprint density at radius 2 is 1.98 bits per heavy atom. The minimum atomic E-state index is -0.858. The van der Waals surface area contributed by atoms with Crippen LogP contribution < -0.4 is 20.3 Å². The highest BCUT2D eigenvalue weighted by Crippen LogP contribution is 2.52. The van der Waals surface area contributed by atoms with E-state index in [9.17, 15) is 20.0 Å². The minimum Gasteiger partial charge on any atom is -0.461 e. The van der Waals surface area contributed by atoms with Crippen LogP contribution in [0.1, 0.15) is 54.5 Å². The summed E-state index contributed by atoms with van der Waals surface area (Å²) >= 11 is 1.52. The Hall–Kier alpha value is -3.26. The average Bonchev–Trinajstić information content (AvgIpc) is 3.68. The van der Waals surface area contributed by atoms with Crippen molar-refractivity contribution < 1.29 is 14.2 Å². The Balaban J connectivity index is 1.19. The molecule has 0 bridgehead atoms. The SMILES string of the molecule is N#Cc1c(N)sc2c1C1(CC2)CN(c2nc(OC[C@@]34CCCN3C[C@H](F)C4)nc(N3CCC[C@H](C#N)[C@@H]3CO)n2)C1. The number of rotatable bonds is 6. The van der Waals surface area contributed by atoms with Crippen molar-refractivity contribution >= 4 is 28.2 Å². The molecular formula is C28H34FN9O2S. The number of fused-ring (bicyclic) bond motifs is 3. The molecule has 6 heterocycles. The third-order valence-electron chi connectivity index (χ3n) is 9.96. The molecule has 0 radical (unpaired) electrons. The van der Waals surface area contributed by atoms with E-state index in [0.29, 0.717) is 68.1 Å². The Bertz CT molecular complexity index is 1430. The van der Waals surface area contributed by atoms with Gasteiger partial charge in [0.05, 0.1) is 35.7 Å². The molecule has 4 atom stereocenters. The summed E-state index contributed by atoms with van der Waals surface area (Å²) in [5, 5.41) is 30.3. The summed E-state index contributed by atoms with van der Waals surface area (Å²) in [7, 11) is 0. The molecule has 7 rings (SSSR count). The summed E-state index contributed by atoms with van der Waals surface area (Å²) in [5.74, 6) is 0.518. The number of aliphatic hydroxyl groups excluding tert-OH is 1. The molecule has 2 aromatic heterocycles. The second kappa shape index (κ2) is 9.93. The summed E-state index contributed by atoms with van der Waals surface area (Å²) in [6.07, 6.45) is 4.84. The number of piperidine rings is 1. The molecule has 13 heteroatoms. The lowest BCUT2D eigenvalue weighted by atomic mass is 9.74. The number of nitrogens with zero attached hydrogens (tertiary/aromatic N) is 8. The van der Waals surface area contributed by atoms with Crippen LogP contribution in [0, 0.1) is 28.6 Å². The van der Waals surface area contributed by atoms with Gasteiger partial charge in [-0.05, 0) is 50.6 Å². The lowest BCUT2D eigenvalue weighted by Gasteiger charge is -2.49. The average molecular weight is 580 g/mol. The zero-order valence-electron chi connectivity index (χ0n) is 22.9. The number of nitrogen functional groups attached to an aromatic ring is 1. The summed E-state index contributed by atoms with van der Waals surface area (Å²) < 4.78 is 20.6. The van der Waals surface area contributed by atoms with Gasteiger partial charge in [-0.3, -0.25) is 4.90 Å². The van der Waals surface area contributed by atoms with Crippen molar-refractivity contribution in [1.29, 1.82) is 10.5 Å². The molecule has 0 saturated carbocycles. The first-order chi connectivity index (χ1) is 19.9. The van der Waals surface area contributed by atoms with E-state index in [0.717, 1.165) is 44.2 Å². The van der Waals surface area contributed by atoms with Gasteiger partial charge in [0, 0.05) is 42.9 Å². The number of hydrogen-bond donors (Lipinski definition) is 2. The highest BCUT2D eigenvalue weighted by atomic mass is 32.1. The van der Waals surface area contributed by atoms with Crippen LogP contribution >= 0.6 is 11.3 Å². The van der Waals surface area contributed by atoms with Crippen LogP contribution in [-0.4, -0.2) is 88.6 Å². The second-order valence-electron chi connectivity index (χ2n) is 12.3. The molecule has 3 N–H and O–H groups in total. The summed E-state index contributed by atoms with van der Waals surface area (Å²) in [5.41, 5.74) is 7.35. The molecule has 0 unspecified atom stereocenters. The number of hydrogen-bond acceptors (Lipinski definition) is 12. The normalized spacial score (nSPS) is 30.1. The second-order valence-corrected chi connectivity index (χ2v) is 13.4. The zero-order chi connectivity index (χ0) is 28.4. The van der Waals surface area contributed by atoms with Gasteiger partial charge in [-0.25, -0.2) is 4.39 Å². The van der Waals surface area contributed by atoms with Crippen molar-refractivity contribution in [2.45, 2.75) is 68.1 Å². The maximum atomic E-state index is 14.4. The third-order valence-corrected chi connectivity index (χ3v) is 11.0. The molecule has 4 saturated heterocycles. The number of ether oxygens (including phenoxy) is 1. The number of anilines is 3. The lowest BCUT2D eigenvalue weighted by molar-refractivity contribution is 0.107. The molecule has 0 amide bonds. The van der Waals surface area contributed by atoms with Gasteiger partial charge in [0.25, 0.3) is 0 Å². The van der Waals surface area contributed by atoms with E-state index in [1.165, 1.54) is 16.2 Å². The lowest BCUT2D eigenvalue weighted by Crippen LogP contribution is -2.59. The smallest absolute Gasteiger partial charge is 0.323 e. The van der Waals surface area contributed by atoms with E-state index >= 15 is 0 Å². The molecule has 216 valence electrons. The molecule has 5 aliphatic rings. The first kappa shape index (κ1) is 26.6. The zero-order valence-corrected chi connectivity index (χ0v) is 23.7. The van der Waals surface area contributed by atoms with Crippen molar-refractivity contribution in [1.82, 2.24) is 19.9 Å². The number of aryl methyl sites for hydroxylation is 1. The van der Waals surface area contributed by atoms with Crippen LogP contribution in [0.25, 0.3) is 0 Å². The fourth-order valence-electron chi connectivity index (χ4n) is 7.96. The van der Waals surface area contributed by atoms with E-state index in [2.05, 4.69) is 26.9 Å². The van der Waals surface area contributed by atoms with E-state index in [4.69, 9.17) is 20.4 Å². The molecular weight excluding hydrogens is 545 g/mol. The van der Waals surface area contributed by atoms with E-state index in [1.54, 1.807) is 0 Å². The van der Waals surface area contributed by atoms with Gasteiger partial charge >= 0.3 is 6.01 Å². The first-order valence-corrected chi connectivity index (χ1v) is 15.3. The molecule has 41 heavy (non-hydrogen) atoms. The predicted octanol–water partition coefficient (Wildman–Crippen LogP) is 2.15. The number of thiophene rings is 1. The number of alkyl halides is 1. The Morgan fingerprint density at radius 3 is 2.76 bits per heavy atom. The molecule has 1 spiro atoms. The minimum absolute atomic E-state index is 0.156. The maximum Gasteiger partial charge on any atom is 0.323 e. The van der Waals surface area contributed by atoms with Crippen LogP contribution in [-0.2, 0) is 11.8 Å². The predicted molar refractivity (Wildman–Crippen MR) is 151 cm³/mol. The van der Waals surface area contributed by atoms with E-state index in [1.807, 2.05) is 4.90 Å². The standard InChI is InChI=1S/C28H34FN9O2S/c29-18-9-28(5-2-7-37(28)12-18)16-40-26-34-24(33-25(35-26)38-8-1-3-17(10-30)20(38)13-39)36-14-27(15-36)6-4-21-22(27)19(11-31)23(32)41-21/h17-18,20,39H,1-9,12-16,32H2/t17-,18-,20+,28+/m1/s1. The van der Waals surface area contributed by atoms with Crippen LogP contribution in [0.15, 0.2) is 0 Å². The Morgan fingerprint density at radius 1 is 1.15 bits per heavy atom. The Labute approximate surface area is 242 Å². The highest BCUT2D eigenvalue weighted by molar-refractivity contribution is 7.16. The number of nitriles is 2. The van der Waals surface area contributed by atoms with Crippen molar-refractivity contribution in [2.24, 2.45) is 5.92 Å². The van der Waals surface area contributed by atoms with Crippen molar-refractivity contribution in [2.75, 3.05) is 61.5 Å². The van der Waals surface area contributed by atoms with Gasteiger partial charge in [-0.15, -0.1) is 11.3 Å². The topological polar surface area (TPSA) is 151 Å². The van der Waals surface area contributed by atoms with Crippen LogP contribution in [0.5, 0.6) is 6.01 Å². The molecule has 4 fully saturated rings. The first-order valence-electron chi connectivity index (χ1n) is 14.5. The molecule has 11 nitrogen and oxygen atoms in total. The van der Waals surface area contributed by atoms with Crippen molar-refractivity contribution in [3.63, 3.8) is 0 Å². The van der Waals surface area contributed by atoms with Crippen LogP contribution in [0.4, 0.5) is 21.3 Å². The quantitative estimate of drug-likeness (QED) is 0.518.